The first-order valence-electron chi connectivity index (χ1n) is 13.4. The zero-order valence-corrected chi connectivity index (χ0v) is 25.9. The Morgan fingerprint density at radius 1 is 0.952 bits per heavy atom. The van der Waals surface area contributed by atoms with E-state index >= 15 is 0 Å². The summed E-state index contributed by atoms with van der Waals surface area (Å²) in [6.07, 6.45) is 1.21. The van der Waals surface area contributed by atoms with E-state index in [9.17, 15) is 18.0 Å². The predicted molar refractivity (Wildman–Crippen MR) is 164 cm³/mol. The van der Waals surface area contributed by atoms with Crippen molar-refractivity contribution in [3.05, 3.63) is 87.9 Å². The van der Waals surface area contributed by atoms with Crippen molar-refractivity contribution in [3.63, 3.8) is 0 Å². The van der Waals surface area contributed by atoms with Crippen LogP contribution < -0.4 is 19.1 Å². The Balaban J connectivity index is 1.75. The number of hydrogen-bond acceptors (Lipinski definition) is 6. The summed E-state index contributed by atoms with van der Waals surface area (Å²) in [6, 6.07) is 17.7. The summed E-state index contributed by atoms with van der Waals surface area (Å²) in [6.45, 7) is 3.72. The SMILES string of the molecule is CC(C)NC(=O)[C@H](Cc1ccccc1)N(Cc1ccc(Cl)cc1Cl)C(=O)CN(c1ccc2c(c1)OCCO2)S(C)(=O)=O. The van der Waals surface area contributed by atoms with Crippen molar-refractivity contribution >= 4 is 50.7 Å². The van der Waals surface area contributed by atoms with Crippen molar-refractivity contribution in [2.75, 3.05) is 30.3 Å². The molecular formula is C30H33Cl2N3O6S. The van der Waals surface area contributed by atoms with E-state index in [-0.39, 0.29) is 30.6 Å². The van der Waals surface area contributed by atoms with Crippen LogP contribution in [0.3, 0.4) is 0 Å². The summed E-state index contributed by atoms with van der Waals surface area (Å²) in [5.41, 5.74) is 1.61. The normalized spacial score (nSPS) is 13.4. The Morgan fingerprint density at radius 3 is 2.29 bits per heavy atom. The smallest absolute Gasteiger partial charge is 0.244 e. The summed E-state index contributed by atoms with van der Waals surface area (Å²) >= 11 is 12.6. The quantitative estimate of drug-likeness (QED) is 0.328. The first-order valence-corrected chi connectivity index (χ1v) is 16.0. The van der Waals surface area contributed by atoms with Gasteiger partial charge in [0.2, 0.25) is 21.8 Å². The van der Waals surface area contributed by atoms with Crippen molar-refractivity contribution in [1.82, 2.24) is 10.2 Å². The van der Waals surface area contributed by atoms with Crippen LogP contribution in [0.1, 0.15) is 25.0 Å². The van der Waals surface area contributed by atoms with Gasteiger partial charge in [-0.25, -0.2) is 8.42 Å². The van der Waals surface area contributed by atoms with Crippen LogP contribution in [-0.2, 0) is 32.6 Å². The number of nitrogens with one attached hydrogen (secondary N) is 1. The van der Waals surface area contributed by atoms with E-state index in [1.54, 1.807) is 30.3 Å². The van der Waals surface area contributed by atoms with Gasteiger partial charge in [-0.2, -0.15) is 0 Å². The maximum Gasteiger partial charge on any atom is 0.244 e. The standard InChI is InChI=1S/C30H33Cl2N3O6S/c1-20(2)33-30(37)26(15-21-7-5-4-6-8-21)34(18-22-9-10-23(31)16-25(22)32)29(36)19-35(42(3,38)39)24-11-12-27-28(17-24)41-14-13-40-27/h4-12,16-17,20,26H,13-15,18-19H2,1-3H3,(H,33,37)/t26-/m0/s1. The summed E-state index contributed by atoms with van der Waals surface area (Å²) in [7, 11) is -3.94. The molecule has 12 heteroatoms. The van der Waals surface area contributed by atoms with Gasteiger partial charge < -0.3 is 19.7 Å². The zero-order chi connectivity index (χ0) is 30.4. The molecule has 0 saturated carbocycles. The zero-order valence-electron chi connectivity index (χ0n) is 23.5. The number of carbonyl (C=O) groups excluding carboxylic acids is 2. The van der Waals surface area contributed by atoms with E-state index in [2.05, 4.69) is 5.32 Å². The molecule has 224 valence electrons. The van der Waals surface area contributed by atoms with E-state index in [1.807, 2.05) is 44.2 Å². The summed E-state index contributed by atoms with van der Waals surface area (Å²) < 4.78 is 38.2. The van der Waals surface area contributed by atoms with Gasteiger partial charge in [-0.05, 0) is 49.2 Å². The van der Waals surface area contributed by atoms with Crippen LogP contribution in [0.15, 0.2) is 66.7 Å². The fraction of sp³-hybridized carbons (Fsp3) is 0.333. The number of anilines is 1. The van der Waals surface area contributed by atoms with Gasteiger partial charge in [0.25, 0.3) is 0 Å². The second-order valence-electron chi connectivity index (χ2n) is 10.2. The van der Waals surface area contributed by atoms with Crippen molar-refractivity contribution in [1.29, 1.82) is 0 Å². The van der Waals surface area contributed by atoms with Gasteiger partial charge in [-0.3, -0.25) is 13.9 Å². The monoisotopic (exact) mass is 633 g/mol. The van der Waals surface area contributed by atoms with Crippen LogP contribution in [-0.4, -0.2) is 63.2 Å². The van der Waals surface area contributed by atoms with Gasteiger partial charge in [0.1, 0.15) is 25.8 Å². The third-order valence-corrected chi connectivity index (χ3v) is 8.28. The van der Waals surface area contributed by atoms with Crippen molar-refractivity contribution in [2.24, 2.45) is 0 Å². The largest absolute Gasteiger partial charge is 0.486 e. The first kappa shape index (κ1) is 31.5. The van der Waals surface area contributed by atoms with Gasteiger partial charge >= 0.3 is 0 Å². The number of halogens is 2. The molecule has 2 amide bonds. The van der Waals surface area contributed by atoms with Crippen molar-refractivity contribution in [3.8, 4) is 11.5 Å². The number of rotatable bonds is 11. The minimum Gasteiger partial charge on any atom is -0.486 e. The average Bonchev–Trinajstić information content (AvgIpc) is 2.93. The number of carbonyl (C=O) groups is 2. The Morgan fingerprint density at radius 2 is 1.64 bits per heavy atom. The molecule has 0 unspecified atom stereocenters. The molecule has 1 heterocycles. The summed E-state index contributed by atoms with van der Waals surface area (Å²) in [5, 5.41) is 3.64. The Labute approximate surface area is 256 Å². The second kappa shape index (κ2) is 13.7. The number of fused-ring (bicyclic) bond motifs is 1. The number of benzene rings is 3. The van der Waals surface area contributed by atoms with Gasteiger partial charge in [-0.1, -0.05) is 59.6 Å². The molecule has 4 rings (SSSR count). The molecule has 1 atom stereocenters. The highest BCUT2D eigenvalue weighted by atomic mass is 35.5. The van der Waals surface area contributed by atoms with E-state index in [1.165, 1.54) is 11.0 Å². The molecule has 1 aliphatic rings. The van der Waals surface area contributed by atoms with Crippen LogP contribution in [0.5, 0.6) is 11.5 Å². The van der Waals surface area contributed by atoms with Crippen LogP contribution in [0.25, 0.3) is 0 Å². The predicted octanol–water partition coefficient (Wildman–Crippen LogP) is 4.70. The number of hydrogen-bond donors (Lipinski definition) is 1. The lowest BCUT2D eigenvalue weighted by Gasteiger charge is -2.34. The van der Waals surface area contributed by atoms with Gasteiger partial charge in [0.15, 0.2) is 11.5 Å². The number of nitrogens with zero attached hydrogens (tertiary/aromatic N) is 2. The average molecular weight is 635 g/mol. The molecule has 1 N–H and O–H groups in total. The minimum absolute atomic E-state index is 0.0589. The lowest BCUT2D eigenvalue weighted by Crippen LogP contribution is -2.54. The molecule has 3 aromatic rings. The lowest BCUT2D eigenvalue weighted by atomic mass is 10.0. The van der Waals surface area contributed by atoms with E-state index in [4.69, 9.17) is 32.7 Å². The summed E-state index contributed by atoms with van der Waals surface area (Å²) in [4.78, 5) is 29.2. The molecule has 0 aliphatic carbocycles. The second-order valence-corrected chi connectivity index (χ2v) is 13.0. The molecule has 0 spiro atoms. The lowest BCUT2D eigenvalue weighted by molar-refractivity contribution is -0.140. The van der Waals surface area contributed by atoms with Crippen LogP contribution in [0, 0.1) is 0 Å². The number of sulfonamides is 1. The highest BCUT2D eigenvalue weighted by Gasteiger charge is 2.34. The molecule has 9 nitrogen and oxygen atoms in total. The van der Waals surface area contributed by atoms with Gasteiger partial charge in [0, 0.05) is 35.1 Å². The minimum atomic E-state index is -3.94. The number of amides is 2. The molecule has 3 aromatic carbocycles. The summed E-state index contributed by atoms with van der Waals surface area (Å²) in [5.74, 6) is -0.112. The molecule has 0 aromatic heterocycles. The van der Waals surface area contributed by atoms with Crippen LogP contribution in [0.4, 0.5) is 5.69 Å². The Bertz CT molecular complexity index is 1540. The fourth-order valence-corrected chi connectivity index (χ4v) is 5.88. The maximum atomic E-state index is 14.2. The van der Waals surface area contributed by atoms with Crippen molar-refractivity contribution < 1.29 is 27.5 Å². The Hall–Kier alpha value is -3.47. The Kier molecular flexibility index (Phi) is 10.2. The fourth-order valence-electron chi connectivity index (χ4n) is 4.57. The molecule has 0 bridgehead atoms. The highest BCUT2D eigenvalue weighted by molar-refractivity contribution is 7.92. The highest BCUT2D eigenvalue weighted by Crippen LogP contribution is 2.35. The third kappa shape index (κ3) is 8.08. The molecule has 0 saturated heterocycles. The topological polar surface area (TPSA) is 105 Å². The van der Waals surface area contributed by atoms with Gasteiger partial charge in [0.05, 0.1) is 11.9 Å². The van der Waals surface area contributed by atoms with E-state index in [0.29, 0.717) is 40.3 Å². The molecule has 0 fully saturated rings. The number of ether oxygens (including phenoxy) is 2. The van der Waals surface area contributed by atoms with E-state index in [0.717, 1.165) is 16.1 Å². The third-order valence-electron chi connectivity index (χ3n) is 6.55. The van der Waals surface area contributed by atoms with Crippen molar-refractivity contribution in [2.45, 2.75) is 38.9 Å². The maximum absolute atomic E-state index is 14.2. The van der Waals surface area contributed by atoms with Crippen LogP contribution in [0.2, 0.25) is 10.0 Å². The van der Waals surface area contributed by atoms with Crippen LogP contribution >= 0.6 is 23.2 Å². The first-order chi connectivity index (χ1) is 19.9. The molecule has 42 heavy (non-hydrogen) atoms. The molecule has 1 aliphatic heterocycles. The molecule has 0 radical (unpaired) electrons. The molecular weight excluding hydrogens is 601 g/mol. The van der Waals surface area contributed by atoms with E-state index < -0.39 is 28.5 Å². The van der Waals surface area contributed by atoms with Gasteiger partial charge in [-0.15, -0.1) is 0 Å².